The summed E-state index contributed by atoms with van der Waals surface area (Å²) < 4.78 is 6.48. The Kier molecular flexibility index (Phi) is 6.48. The molecule has 0 unspecified atom stereocenters. The van der Waals surface area contributed by atoms with Gasteiger partial charge in [-0.2, -0.15) is 0 Å². The van der Waals surface area contributed by atoms with E-state index in [9.17, 15) is 0 Å². The largest absolute Gasteiger partial charge is 0.457 e. The zero-order valence-electron chi connectivity index (χ0n) is 27.5. The van der Waals surface area contributed by atoms with Crippen LogP contribution in [0.3, 0.4) is 0 Å². The predicted octanol–water partition coefficient (Wildman–Crippen LogP) is 10.6. The summed E-state index contributed by atoms with van der Waals surface area (Å²) in [6.07, 6.45) is 0. The summed E-state index contributed by atoms with van der Waals surface area (Å²) in [5.41, 5.74) is 18.9. The maximum Gasteiger partial charge on any atom is 0.164 e. The highest BCUT2D eigenvalue weighted by Gasteiger charge is 2.51. The van der Waals surface area contributed by atoms with Crippen LogP contribution in [0, 0.1) is 0 Å². The fourth-order valence-corrected chi connectivity index (χ4v) is 7.91. The zero-order valence-corrected chi connectivity index (χ0v) is 27.5. The van der Waals surface area contributed by atoms with Crippen LogP contribution in [0.2, 0.25) is 0 Å². The second-order valence-electron chi connectivity index (χ2n) is 13.0. The lowest BCUT2D eigenvalue weighted by Gasteiger charge is -2.39. The van der Waals surface area contributed by atoms with Gasteiger partial charge in [-0.3, -0.25) is 0 Å². The first-order valence-corrected chi connectivity index (χ1v) is 17.1. The number of para-hydroxylation sites is 2. The number of nitrogens with zero attached hydrogens (tertiary/aromatic N) is 3. The number of hydrogen-bond acceptors (Lipinski definition) is 5. The minimum absolute atomic E-state index is 0.556. The van der Waals surface area contributed by atoms with Crippen molar-refractivity contribution in [1.82, 2.24) is 15.0 Å². The number of hydrogen-bond donors (Lipinski definition) is 1. The van der Waals surface area contributed by atoms with Gasteiger partial charge in [-0.15, -0.1) is 0 Å². The normalized spacial score (nSPS) is 13.1. The number of nitrogens with two attached hydrogens (primary N) is 1. The lowest BCUT2D eigenvalue weighted by Crippen LogP contribution is -2.32. The summed E-state index contributed by atoms with van der Waals surface area (Å²) in [5, 5.41) is 0. The van der Waals surface area contributed by atoms with Crippen molar-refractivity contribution in [3.05, 3.63) is 192 Å². The van der Waals surface area contributed by atoms with Gasteiger partial charge >= 0.3 is 0 Å². The molecule has 5 heteroatoms. The van der Waals surface area contributed by atoms with E-state index in [0.717, 1.165) is 67.3 Å². The van der Waals surface area contributed by atoms with Crippen LogP contribution in [-0.4, -0.2) is 15.0 Å². The van der Waals surface area contributed by atoms with Gasteiger partial charge in [0, 0.05) is 39.1 Å². The van der Waals surface area contributed by atoms with Crippen molar-refractivity contribution in [3.8, 4) is 67.9 Å². The molecule has 1 aliphatic heterocycles. The molecule has 0 amide bonds. The van der Waals surface area contributed by atoms with Crippen LogP contribution < -0.4 is 10.5 Å². The van der Waals surface area contributed by atoms with Gasteiger partial charge in [-0.1, -0.05) is 146 Å². The van der Waals surface area contributed by atoms with Crippen LogP contribution >= 0.6 is 0 Å². The second kappa shape index (κ2) is 11.4. The SMILES string of the molecule is Nc1cccc2c1-c1cc(-c3ccc(-c4nc(-c5ccccc5)nc(-c5ccccc5)n4)cc3)ccc1C21c2ccccc2Oc2ccccc21. The molecule has 10 rings (SSSR count). The van der Waals surface area contributed by atoms with Crippen molar-refractivity contribution < 1.29 is 4.74 Å². The summed E-state index contributed by atoms with van der Waals surface area (Å²) in [6.45, 7) is 0. The molecular weight excluding hydrogens is 625 g/mol. The van der Waals surface area contributed by atoms with Gasteiger partial charge in [0.15, 0.2) is 17.5 Å². The van der Waals surface area contributed by atoms with E-state index in [-0.39, 0.29) is 0 Å². The lowest BCUT2D eigenvalue weighted by molar-refractivity contribution is 0.436. The Morgan fingerprint density at radius 2 is 0.863 bits per heavy atom. The topological polar surface area (TPSA) is 73.9 Å². The molecule has 0 saturated heterocycles. The van der Waals surface area contributed by atoms with Crippen LogP contribution in [0.1, 0.15) is 22.3 Å². The fraction of sp³-hybridized carbons (Fsp3) is 0.0217. The number of aromatic nitrogens is 3. The molecule has 51 heavy (non-hydrogen) atoms. The van der Waals surface area contributed by atoms with Crippen LogP contribution in [0.15, 0.2) is 170 Å². The minimum atomic E-state index is -0.556. The number of benzene rings is 7. The Hall–Kier alpha value is -6.85. The minimum Gasteiger partial charge on any atom is -0.457 e. The molecule has 1 spiro atoms. The van der Waals surface area contributed by atoms with Crippen LogP contribution in [-0.2, 0) is 5.41 Å². The summed E-state index contributed by atoms with van der Waals surface area (Å²) >= 11 is 0. The molecule has 0 fully saturated rings. The molecule has 0 radical (unpaired) electrons. The van der Waals surface area contributed by atoms with Crippen molar-refractivity contribution in [1.29, 1.82) is 0 Å². The van der Waals surface area contributed by atoms with Gasteiger partial charge < -0.3 is 10.5 Å². The number of fused-ring (bicyclic) bond motifs is 9. The van der Waals surface area contributed by atoms with Gasteiger partial charge in [-0.25, -0.2) is 15.0 Å². The number of rotatable bonds is 4. The van der Waals surface area contributed by atoms with E-state index >= 15 is 0 Å². The Morgan fingerprint density at radius 1 is 0.392 bits per heavy atom. The van der Waals surface area contributed by atoms with Crippen molar-refractivity contribution in [2.75, 3.05) is 5.73 Å². The Bertz CT molecular complexity index is 2510. The first-order valence-electron chi connectivity index (χ1n) is 17.1. The zero-order chi connectivity index (χ0) is 33.9. The summed E-state index contributed by atoms with van der Waals surface area (Å²) in [6, 6.07) is 58.4. The molecule has 2 aliphatic rings. The molecule has 240 valence electrons. The maximum atomic E-state index is 6.85. The Balaban J connectivity index is 1.10. The van der Waals surface area contributed by atoms with Crippen molar-refractivity contribution in [2.45, 2.75) is 5.41 Å². The standard InChI is InChI=1S/C46H30N4O/c47-39-19-11-18-38-42(39)34-28-33(26-27-35(34)46(38)36-16-7-9-20-40(36)51-41-21-10-8-17-37(41)46)29-22-24-32(25-23-29)45-49-43(30-12-3-1-4-13-30)48-44(50-45)31-14-5-2-6-15-31/h1-28H,47H2. The highest BCUT2D eigenvalue weighted by atomic mass is 16.5. The average Bonchev–Trinajstić information content (AvgIpc) is 3.49. The molecule has 0 atom stereocenters. The monoisotopic (exact) mass is 654 g/mol. The van der Waals surface area contributed by atoms with Gasteiger partial charge in [0.1, 0.15) is 11.5 Å². The Morgan fingerprint density at radius 3 is 1.45 bits per heavy atom. The van der Waals surface area contributed by atoms with E-state index in [1.54, 1.807) is 0 Å². The Labute approximate surface area is 295 Å². The van der Waals surface area contributed by atoms with Crippen LogP contribution in [0.25, 0.3) is 56.4 Å². The molecular formula is C46H30N4O. The first-order chi connectivity index (χ1) is 25.2. The second-order valence-corrected chi connectivity index (χ2v) is 13.0. The molecule has 7 aromatic carbocycles. The van der Waals surface area contributed by atoms with Gasteiger partial charge in [0.05, 0.1) is 5.41 Å². The fourth-order valence-electron chi connectivity index (χ4n) is 7.91. The third-order valence-electron chi connectivity index (χ3n) is 10.2. The average molecular weight is 655 g/mol. The van der Waals surface area contributed by atoms with Crippen LogP contribution in [0.5, 0.6) is 11.5 Å². The van der Waals surface area contributed by atoms with E-state index in [0.29, 0.717) is 17.5 Å². The summed E-state index contributed by atoms with van der Waals surface area (Å²) in [7, 11) is 0. The van der Waals surface area contributed by atoms with E-state index < -0.39 is 5.41 Å². The highest BCUT2D eigenvalue weighted by molar-refractivity contribution is 5.95. The smallest absolute Gasteiger partial charge is 0.164 e. The quantitative estimate of drug-likeness (QED) is 0.191. The van der Waals surface area contributed by atoms with Crippen molar-refractivity contribution in [2.24, 2.45) is 0 Å². The van der Waals surface area contributed by atoms with E-state index in [1.807, 2.05) is 78.9 Å². The highest BCUT2D eigenvalue weighted by Crippen LogP contribution is 2.63. The molecule has 2 heterocycles. The predicted molar refractivity (Wildman–Crippen MR) is 203 cm³/mol. The van der Waals surface area contributed by atoms with E-state index in [2.05, 4.69) is 91.0 Å². The van der Waals surface area contributed by atoms with E-state index in [4.69, 9.17) is 25.4 Å². The summed E-state index contributed by atoms with van der Waals surface area (Å²) in [5.74, 6) is 3.64. The van der Waals surface area contributed by atoms with E-state index in [1.165, 1.54) is 11.1 Å². The van der Waals surface area contributed by atoms with Crippen LogP contribution in [0.4, 0.5) is 5.69 Å². The lowest BCUT2D eigenvalue weighted by atomic mass is 9.66. The first kappa shape index (κ1) is 29.1. The number of nitrogen functional groups attached to an aromatic ring is 1. The number of anilines is 1. The van der Waals surface area contributed by atoms with Gasteiger partial charge in [-0.05, 0) is 52.1 Å². The summed E-state index contributed by atoms with van der Waals surface area (Å²) in [4.78, 5) is 14.7. The van der Waals surface area contributed by atoms with Gasteiger partial charge in [0.2, 0.25) is 0 Å². The third kappa shape index (κ3) is 4.45. The molecule has 8 aromatic rings. The molecule has 1 aromatic heterocycles. The molecule has 0 saturated carbocycles. The third-order valence-corrected chi connectivity index (χ3v) is 10.2. The molecule has 2 N–H and O–H groups in total. The molecule has 5 nitrogen and oxygen atoms in total. The van der Waals surface area contributed by atoms with Crippen molar-refractivity contribution >= 4 is 5.69 Å². The molecule has 1 aliphatic carbocycles. The maximum absolute atomic E-state index is 6.85. The molecule has 0 bridgehead atoms. The number of ether oxygens (including phenoxy) is 1. The van der Waals surface area contributed by atoms with Crippen molar-refractivity contribution in [3.63, 3.8) is 0 Å². The van der Waals surface area contributed by atoms with Gasteiger partial charge in [0.25, 0.3) is 0 Å².